The Hall–Kier alpha value is -1.18. The number of benzene rings is 1. The number of anilines is 2. The zero-order chi connectivity index (χ0) is 10.1. The molecule has 0 spiro atoms. The van der Waals surface area contributed by atoms with Crippen LogP contribution in [0.1, 0.15) is 25.3 Å². The fourth-order valence-corrected chi connectivity index (χ4v) is 1.99. The van der Waals surface area contributed by atoms with Gasteiger partial charge in [-0.1, -0.05) is 13.0 Å². The average molecular weight is 190 g/mol. The minimum Gasteiger partial charge on any atom is -0.398 e. The van der Waals surface area contributed by atoms with Gasteiger partial charge in [0.25, 0.3) is 0 Å². The second-order valence-corrected chi connectivity index (χ2v) is 4.49. The number of hydrogen-bond donors (Lipinski definition) is 2. The maximum atomic E-state index is 5.84. The van der Waals surface area contributed by atoms with Crippen LogP contribution in [0.3, 0.4) is 0 Å². The highest BCUT2D eigenvalue weighted by Crippen LogP contribution is 2.30. The van der Waals surface area contributed by atoms with Crippen LogP contribution in [-0.4, -0.2) is 6.04 Å². The first-order valence-electron chi connectivity index (χ1n) is 5.28. The Bertz CT molecular complexity index is 327. The van der Waals surface area contributed by atoms with Crippen LogP contribution in [0.2, 0.25) is 0 Å². The lowest BCUT2D eigenvalue weighted by molar-refractivity contribution is 0.309. The van der Waals surface area contributed by atoms with E-state index in [9.17, 15) is 0 Å². The van der Waals surface area contributed by atoms with E-state index in [0.717, 1.165) is 22.9 Å². The van der Waals surface area contributed by atoms with Crippen molar-refractivity contribution in [1.82, 2.24) is 0 Å². The molecule has 0 saturated heterocycles. The Kier molecular flexibility index (Phi) is 2.36. The molecule has 1 aliphatic rings. The summed E-state index contributed by atoms with van der Waals surface area (Å²) >= 11 is 0. The summed E-state index contributed by atoms with van der Waals surface area (Å²) in [5, 5.41) is 3.50. The monoisotopic (exact) mass is 190 g/mol. The summed E-state index contributed by atoms with van der Waals surface area (Å²) in [4.78, 5) is 0. The molecule has 0 unspecified atom stereocenters. The molecule has 2 rings (SSSR count). The fraction of sp³-hybridized carbons (Fsp3) is 0.500. The van der Waals surface area contributed by atoms with Crippen LogP contribution in [0.5, 0.6) is 0 Å². The average Bonchev–Trinajstić information content (AvgIpc) is 2.09. The molecular weight excluding hydrogens is 172 g/mol. The van der Waals surface area contributed by atoms with Gasteiger partial charge in [-0.05, 0) is 43.4 Å². The molecule has 0 aromatic heterocycles. The van der Waals surface area contributed by atoms with Crippen molar-refractivity contribution in [2.75, 3.05) is 11.1 Å². The van der Waals surface area contributed by atoms with Crippen LogP contribution in [0.25, 0.3) is 0 Å². The molecular formula is C12H18N2. The number of nitrogens with two attached hydrogens (primary N) is 1. The van der Waals surface area contributed by atoms with Crippen LogP contribution in [0.15, 0.2) is 18.2 Å². The van der Waals surface area contributed by atoms with E-state index in [1.807, 2.05) is 13.0 Å². The summed E-state index contributed by atoms with van der Waals surface area (Å²) in [6, 6.07) is 6.86. The Morgan fingerprint density at radius 2 is 2.07 bits per heavy atom. The van der Waals surface area contributed by atoms with Gasteiger partial charge in [-0.3, -0.25) is 0 Å². The molecule has 0 aliphatic heterocycles. The quantitative estimate of drug-likeness (QED) is 0.704. The number of rotatable bonds is 2. The third-order valence-corrected chi connectivity index (χ3v) is 3.02. The normalized spacial score (nSPS) is 25.6. The van der Waals surface area contributed by atoms with Gasteiger partial charge in [0.05, 0.1) is 0 Å². The molecule has 3 N–H and O–H groups in total. The van der Waals surface area contributed by atoms with Gasteiger partial charge in [0.15, 0.2) is 0 Å². The lowest BCUT2D eigenvalue weighted by Crippen LogP contribution is -2.33. The van der Waals surface area contributed by atoms with Crippen molar-refractivity contribution in [3.63, 3.8) is 0 Å². The van der Waals surface area contributed by atoms with E-state index in [4.69, 9.17) is 5.73 Å². The van der Waals surface area contributed by atoms with Crippen molar-refractivity contribution in [3.8, 4) is 0 Å². The highest BCUT2D eigenvalue weighted by Gasteiger charge is 2.24. The minimum atomic E-state index is 0.659. The van der Waals surface area contributed by atoms with E-state index >= 15 is 0 Å². The molecule has 0 bridgehead atoms. The van der Waals surface area contributed by atoms with Crippen LogP contribution in [-0.2, 0) is 0 Å². The van der Waals surface area contributed by atoms with Gasteiger partial charge in [-0.15, -0.1) is 0 Å². The van der Waals surface area contributed by atoms with Crippen LogP contribution in [0, 0.1) is 12.8 Å². The summed E-state index contributed by atoms with van der Waals surface area (Å²) in [6.45, 7) is 4.33. The first-order valence-corrected chi connectivity index (χ1v) is 5.28. The van der Waals surface area contributed by atoms with E-state index in [2.05, 4.69) is 24.4 Å². The van der Waals surface area contributed by atoms with Crippen molar-refractivity contribution >= 4 is 11.4 Å². The topological polar surface area (TPSA) is 38.0 Å². The molecule has 1 fully saturated rings. The first kappa shape index (κ1) is 9.38. The van der Waals surface area contributed by atoms with Gasteiger partial charge >= 0.3 is 0 Å². The van der Waals surface area contributed by atoms with Crippen molar-refractivity contribution < 1.29 is 0 Å². The highest BCUT2D eigenvalue weighted by atomic mass is 14.9. The molecule has 2 heteroatoms. The van der Waals surface area contributed by atoms with Gasteiger partial charge in [-0.2, -0.15) is 0 Å². The van der Waals surface area contributed by atoms with Crippen LogP contribution >= 0.6 is 0 Å². The molecule has 0 heterocycles. The van der Waals surface area contributed by atoms with E-state index in [1.165, 1.54) is 12.8 Å². The number of nitrogens with one attached hydrogen (secondary N) is 1. The van der Waals surface area contributed by atoms with Crippen molar-refractivity contribution in [3.05, 3.63) is 23.8 Å². The number of aryl methyl sites for hydroxylation is 1. The zero-order valence-electron chi connectivity index (χ0n) is 8.88. The molecule has 1 aromatic carbocycles. The Labute approximate surface area is 85.5 Å². The predicted molar refractivity (Wildman–Crippen MR) is 61.4 cm³/mol. The molecule has 0 radical (unpaired) electrons. The summed E-state index contributed by atoms with van der Waals surface area (Å²) < 4.78 is 0. The Morgan fingerprint density at radius 3 is 2.64 bits per heavy atom. The Morgan fingerprint density at radius 1 is 1.36 bits per heavy atom. The SMILES string of the molecule is Cc1ccc(NC2CC(C)C2)cc1N. The third kappa shape index (κ3) is 1.84. The fourth-order valence-electron chi connectivity index (χ4n) is 1.99. The van der Waals surface area contributed by atoms with E-state index in [1.54, 1.807) is 0 Å². The smallest absolute Gasteiger partial charge is 0.0364 e. The van der Waals surface area contributed by atoms with Gasteiger partial charge in [-0.25, -0.2) is 0 Å². The molecule has 14 heavy (non-hydrogen) atoms. The standard InChI is InChI=1S/C12H18N2/c1-8-5-11(6-8)14-10-4-3-9(2)12(13)7-10/h3-4,7-8,11,14H,5-6,13H2,1-2H3. The Balaban J connectivity index is 2.00. The molecule has 0 amide bonds. The van der Waals surface area contributed by atoms with Gasteiger partial charge in [0, 0.05) is 17.4 Å². The van der Waals surface area contributed by atoms with E-state index < -0.39 is 0 Å². The van der Waals surface area contributed by atoms with Crippen molar-refractivity contribution in [2.45, 2.75) is 32.7 Å². The van der Waals surface area contributed by atoms with E-state index in [0.29, 0.717) is 6.04 Å². The first-order chi connectivity index (χ1) is 6.65. The summed E-state index contributed by atoms with van der Waals surface area (Å²) in [5.41, 5.74) is 9.03. The maximum absolute atomic E-state index is 5.84. The van der Waals surface area contributed by atoms with Crippen molar-refractivity contribution in [2.24, 2.45) is 5.92 Å². The largest absolute Gasteiger partial charge is 0.398 e. The van der Waals surface area contributed by atoms with Crippen molar-refractivity contribution in [1.29, 1.82) is 0 Å². The second-order valence-electron chi connectivity index (χ2n) is 4.49. The summed E-state index contributed by atoms with van der Waals surface area (Å²) in [7, 11) is 0. The number of hydrogen-bond acceptors (Lipinski definition) is 2. The zero-order valence-corrected chi connectivity index (χ0v) is 8.88. The molecule has 1 saturated carbocycles. The molecule has 1 aromatic rings. The highest BCUT2D eigenvalue weighted by molar-refractivity contribution is 5.58. The second kappa shape index (κ2) is 3.52. The minimum absolute atomic E-state index is 0.659. The number of nitrogen functional groups attached to an aromatic ring is 1. The van der Waals surface area contributed by atoms with Gasteiger partial charge in [0.1, 0.15) is 0 Å². The molecule has 0 atom stereocenters. The van der Waals surface area contributed by atoms with Crippen LogP contribution in [0.4, 0.5) is 11.4 Å². The predicted octanol–water partition coefficient (Wildman–Crippen LogP) is 2.79. The summed E-state index contributed by atoms with van der Waals surface area (Å²) in [6.07, 6.45) is 2.57. The molecule has 2 nitrogen and oxygen atoms in total. The third-order valence-electron chi connectivity index (χ3n) is 3.02. The maximum Gasteiger partial charge on any atom is 0.0364 e. The molecule has 1 aliphatic carbocycles. The van der Waals surface area contributed by atoms with Gasteiger partial charge in [0.2, 0.25) is 0 Å². The lowest BCUT2D eigenvalue weighted by atomic mass is 9.82. The van der Waals surface area contributed by atoms with Crippen LogP contribution < -0.4 is 11.1 Å². The lowest BCUT2D eigenvalue weighted by Gasteiger charge is -2.34. The van der Waals surface area contributed by atoms with Gasteiger partial charge < -0.3 is 11.1 Å². The van der Waals surface area contributed by atoms with E-state index in [-0.39, 0.29) is 0 Å². The molecule has 76 valence electrons. The summed E-state index contributed by atoms with van der Waals surface area (Å²) in [5.74, 6) is 0.885.